The van der Waals surface area contributed by atoms with Gasteiger partial charge in [-0.25, -0.2) is 4.45 Å². The first kappa shape index (κ1) is 9.87. The van der Waals surface area contributed by atoms with Gasteiger partial charge in [0.1, 0.15) is 3.70 Å². The van der Waals surface area contributed by atoms with Gasteiger partial charge in [0.05, 0.1) is 5.52 Å². The molecule has 1 aromatic carbocycles. The molecule has 5 heteroatoms. The number of halogens is 2. The van der Waals surface area contributed by atoms with Crippen molar-refractivity contribution in [3.05, 3.63) is 26.4 Å². The zero-order chi connectivity index (χ0) is 9.42. The maximum absolute atomic E-state index is 4.44. The average Bonchev–Trinajstić information content (AvgIpc) is 2.43. The molecule has 0 fully saturated rings. The van der Waals surface area contributed by atoms with E-state index in [0.29, 0.717) is 8.73 Å². The molecule has 0 bridgehead atoms. The number of benzene rings is 1. The monoisotopic (exact) mass is 368 g/mol. The Hall–Kier alpha value is 0.330. The Labute approximate surface area is 100 Å². The molecule has 0 spiro atoms. The molecule has 0 saturated heterocycles. The Morgan fingerprint density at radius 1 is 1.54 bits per heavy atom. The van der Waals surface area contributed by atoms with Crippen molar-refractivity contribution in [2.24, 2.45) is 0 Å². The molecule has 0 N–H and O–H groups in total. The predicted molar refractivity (Wildman–Crippen MR) is 69.8 cm³/mol. The van der Waals surface area contributed by atoms with Crippen LogP contribution in [0.4, 0.5) is 0 Å². The predicted octanol–water partition coefficient (Wildman–Crippen LogP) is 3.47. The van der Waals surface area contributed by atoms with Gasteiger partial charge in [-0.2, -0.15) is 5.10 Å². The lowest BCUT2D eigenvalue weighted by molar-refractivity contribution is 1.01. The SMILES string of the molecule is CPn1nc(I)c2cc(Br)ccc21. The van der Waals surface area contributed by atoms with Gasteiger partial charge in [-0.15, -0.1) is 0 Å². The van der Waals surface area contributed by atoms with Crippen LogP contribution in [0.15, 0.2) is 22.7 Å². The fourth-order valence-electron chi connectivity index (χ4n) is 1.22. The van der Waals surface area contributed by atoms with Crippen LogP contribution in [-0.4, -0.2) is 16.2 Å². The summed E-state index contributed by atoms with van der Waals surface area (Å²) in [6.07, 6.45) is 0. The van der Waals surface area contributed by atoms with E-state index in [1.807, 2.05) is 4.45 Å². The van der Waals surface area contributed by atoms with Crippen molar-refractivity contribution in [2.45, 2.75) is 0 Å². The van der Waals surface area contributed by atoms with Crippen molar-refractivity contribution < 1.29 is 0 Å². The summed E-state index contributed by atoms with van der Waals surface area (Å²) in [5.74, 6) is 0. The summed E-state index contributed by atoms with van der Waals surface area (Å²) in [7, 11) is 0.687. The van der Waals surface area contributed by atoms with Crippen LogP contribution in [0.3, 0.4) is 0 Å². The second-order valence-electron chi connectivity index (χ2n) is 2.59. The zero-order valence-corrected chi connectivity index (χ0v) is 11.6. The van der Waals surface area contributed by atoms with Gasteiger partial charge in [0.2, 0.25) is 0 Å². The van der Waals surface area contributed by atoms with Crippen molar-refractivity contribution in [1.29, 1.82) is 0 Å². The maximum Gasteiger partial charge on any atom is 0.131 e. The largest absolute Gasteiger partial charge is 0.247 e. The standard InChI is InChI=1S/C8H7BrIN2P/c1-13-12-7-3-2-5(9)4-6(7)8(10)11-12/h2-4,13H,1H3. The van der Waals surface area contributed by atoms with Crippen LogP contribution in [-0.2, 0) is 0 Å². The van der Waals surface area contributed by atoms with Crippen LogP contribution in [0.25, 0.3) is 10.9 Å². The summed E-state index contributed by atoms with van der Waals surface area (Å²) in [5, 5.41) is 5.67. The number of aromatic nitrogens is 2. The van der Waals surface area contributed by atoms with Gasteiger partial charge in [-0.05, 0) is 47.5 Å². The molecule has 2 rings (SSSR count). The smallest absolute Gasteiger partial charge is 0.131 e. The van der Waals surface area contributed by atoms with E-state index in [1.165, 1.54) is 10.9 Å². The Morgan fingerprint density at radius 3 is 3.00 bits per heavy atom. The molecule has 1 atom stereocenters. The number of nitrogens with zero attached hydrogens (tertiary/aromatic N) is 2. The highest BCUT2D eigenvalue weighted by Crippen LogP contribution is 2.27. The summed E-state index contributed by atoms with van der Waals surface area (Å²) in [6, 6.07) is 6.27. The molecule has 0 aliphatic heterocycles. The first-order valence-electron chi connectivity index (χ1n) is 3.74. The minimum atomic E-state index is 0.687. The maximum atomic E-state index is 4.44. The van der Waals surface area contributed by atoms with Crippen molar-refractivity contribution in [2.75, 3.05) is 6.66 Å². The van der Waals surface area contributed by atoms with Gasteiger partial charge >= 0.3 is 0 Å². The van der Waals surface area contributed by atoms with Gasteiger partial charge in [-0.3, -0.25) is 0 Å². The second-order valence-corrected chi connectivity index (χ2v) is 5.40. The van der Waals surface area contributed by atoms with Crippen molar-refractivity contribution >= 4 is 58.2 Å². The first-order chi connectivity index (χ1) is 6.22. The highest BCUT2D eigenvalue weighted by molar-refractivity contribution is 14.1. The Bertz CT molecular complexity index is 455. The third-order valence-corrected chi connectivity index (χ3v) is 3.86. The molecule has 0 radical (unpaired) electrons. The van der Waals surface area contributed by atoms with E-state index in [9.17, 15) is 0 Å². The lowest BCUT2D eigenvalue weighted by Crippen LogP contribution is -1.83. The van der Waals surface area contributed by atoms with Crippen molar-refractivity contribution in [1.82, 2.24) is 9.55 Å². The van der Waals surface area contributed by atoms with E-state index in [4.69, 9.17) is 0 Å². The summed E-state index contributed by atoms with van der Waals surface area (Å²) in [5.41, 5.74) is 1.22. The summed E-state index contributed by atoms with van der Waals surface area (Å²) < 4.78 is 4.23. The van der Waals surface area contributed by atoms with Crippen LogP contribution in [0, 0.1) is 3.70 Å². The minimum absolute atomic E-state index is 0.687. The van der Waals surface area contributed by atoms with Crippen LogP contribution >= 0.6 is 47.3 Å². The third-order valence-electron chi connectivity index (χ3n) is 1.81. The molecule has 2 nitrogen and oxygen atoms in total. The molecule has 68 valence electrons. The number of fused-ring (bicyclic) bond motifs is 1. The van der Waals surface area contributed by atoms with Crippen molar-refractivity contribution in [3.8, 4) is 0 Å². The van der Waals surface area contributed by atoms with E-state index in [1.54, 1.807) is 0 Å². The highest BCUT2D eigenvalue weighted by Gasteiger charge is 2.06. The molecule has 0 aliphatic rings. The lowest BCUT2D eigenvalue weighted by atomic mass is 10.3. The molecule has 0 amide bonds. The zero-order valence-electron chi connectivity index (χ0n) is 6.88. The van der Waals surface area contributed by atoms with Gasteiger partial charge in [0, 0.05) is 18.6 Å². The molecule has 1 unspecified atom stereocenters. The van der Waals surface area contributed by atoms with E-state index in [0.717, 1.165) is 8.17 Å². The molecule has 1 aromatic heterocycles. The van der Waals surface area contributed by atoms with Crippen LogP contribution in [0.1, 0.15) is 0 Å². The van der Waals surface area contributed by atoms with Gasteiger partial charge in [0.25, 0.3) is 0 Å². The van der Waals surface area contributed by atoms with E-state index < -0.39 is 0 Å². The van der Waals surface area contributed by atoms with Crippen LogP contribution in [0.2, 0.25) is 0 Å². The minimum Gasteiger partial charge on any atom is -0.247 e. The fourth-order valence-corrected chi connectivity index (χ4v) is 3.07. The van der Waals surface area contributed by atoms with Crippen molar-refractivity contribution in [3.63, 3.8) is 0 Å². The first-order valence-corrected chi connectivity index (χ1v) is 7.06. The van der Waals surface area contributed by atoms with Gasteiger partial charge in [0.15, 0.2) is 0 Å². The lowest BCUT2D eigenvalue weighted by Gasteiger charge is -1.96. The molecular formula is C8H7BrIN2P. The van der Waals surface area contributed by atoms with E-state index in [2.05, 4.69) is 68.5 Å². The Morgan fingerprint density at radius 2 is 2.31 bits per heavy atom. The highest BCUT2D eigenvalue weighted by atomic mass is 127. The number of hydrogen-bond acceptors (Lipinski definition) is 1. The molecule has 0 saturated carbocycles. The molecule has 2 aromatic rings. The molecule has 1 heterocycles. The molecule has 13 heavy (non-hydrogen) atoms. The summed E-state index contributed by atoms with van der Waals surface area (Å²) in [6.45, 7) is 2.13. The summed E-state index contributed by atoms with van der Waals surface area (Å²) >= 11 is 5.73. The van der Waals surface area contributed by atoms with Gasteiger partial charge < -0.3 is 0 Å². The van der Waals surface area contributed by atoms with Gasteiger partial charge in [-0.1, -0.05) is 15.9 Å². The van der Waals surface area contributed by atoms with E-state index in [-0.39, 0.29) is 0 Å². The Kier molecular flexibility index (Phi) is 2.91. The van der Waals surface area contributed by atoms with Crippen LogP contribution < -0.4 is 0 Å². The second kappa shape index (κ2) is 3.83. The third kappa shape index (κ3) is 1.76. The average molecular weight is 369 g/mol. The number of hydrogen-bond donors (Lipinski definition) is 0. The number of rotatable bonds is 1. The molecule has 0 aliphatic carbocycles. The van der Waals surface area contributed by atoms with E-state index >= 15 is 0 Å². The van der Waals surface area contributed by atoms with Crippen LogP contribution in [0.5, 0.6) is 0 Å². The normalized spacial score (nSPS) is 11.9. The molecular weight excluding hydrogens is 362 g/mol. The topological polar surface area (TPSA) is 17.8 Å². The Balaban J connectivity index is 2.80. The fraction of sp³-hybridized carbons (Fsp3) is 0.125. The quantitative estimate of drug-likeness (QED) is 0.556. The summed E-state index contributed by atoms with van der Waals surface area (Å²) in [4.78, 5) is 0.